The number of nitrogens with one attached hydrogen (secondary N) is 1. The number of halogens is 2. The van der Waals surface area contributed by atoms with E-state index in [0.717, 1.165) is 10.7 Å². The molecular weight excluding hydrogens is 333 g/mol. The van der Waals surface area contributed by atoms with Gasteiger partial charge in [0.05, 0.1) is 17.8 Å². The zero-order valence-corrected chi connectivity index (χ0v) is 14.7. The van der Waals surface area contributed by atoms with Crippen LogP contribution >= 0.6 is 36.2 Å². The maximum Gasteiger partial charge on any atom is 0.240 e. The summed E-state index contributed by atoms with van der Waals surface area (Å²) in [7, 11) is 0. The van der Waals surface area contributed by atoms with E-state index in [4.69, 9.17) is 10.5 Å². The second kappa shape index (κ2) is 8.90. The highest BCUT2D eigenvalue weighted by molar-refractivity contribution is 7.09. The van der Waals surface area contributed by atoms with Gasteiger partial charge in [-0.05, 0) is 18.8 Å². The van der Waals surface area contributed by atoms with Gasteiger partial charge in [-0.3, -0.25) is 4.79 Å². The van der Waals surface area contributed by atoms with Crippen LogP contribution < -0.4 is 11.1 Å². The minimum atomic E-state index is -0.781. The molecule has 0 bridgehead atoms. The number of rotatable bonds is 4. The van der Waals surface area contributed by atoms with Crippen LogP contribution in [0.5, 0.6) is 0 Å². The molecule has 1 aromatic rings. The predicted octanol–water partition coefficient (Wildman–Crippen LogP) is 2.23. The van der Waals surface area contributed by atoms with Crippen molar-refractivity contribution in [1.29, 1.82) is 0 Å². The highest BCUT2D eigenvalue weighted by atomic mass is 35.5. The van der Waals surface area contributed by atoms with E-state index in [0.29, 0.717) is 38.5 Å². The van der Waals surface area contributed by atoms with E-state index >= 15 is 0 Å². The summed E-state index contributed by atoms with van der Waals surface area (Å²) >= 11 is 1.57. The van der Waals surface area contributed by atoms with Crippen molar-refractivity contribution < 1.29 is 9.53 Å². The van der Waals surface area contributed by atoms with Gasteiger partial charge in [0.2, 0.25) is 5.91 Å². The summed E-state index contributed by atoms with van der Waals surface area (Å²) in [6, 6.07) is 0. The summed E-state index contributed by atoms with van der Waals surface area (Å²) < 4.78 is 5.24. The maximum atomic E-state index is 12.1. The molecule has 1 aliphatic rings. The normalized spacial score (nSPS) is 16.8. The van der Waals surface area contributed by atoms with Gasteiger partial charge >= 0.3 is 0 Å². The number of amides is 1. The van der Waals surface area contributed by atoms with Crippen LogP contribution in [-0.2, 0) is 16.1 Å². The fraction of sp³-hybridized carbons (Fsp3) is 0.692. The summed E-state index contributed by atoms with van der Waals surface area (Å²) in [5, 5.41) is 5.85. The number of carbonyl (C=O) groups excluding carboxylic acids is 1. The predicted molar refractivity (Wildman–Crippen MR) is 89.5 cm³/mol. The summed E-state index contributed by atoms with van der Waals surface area (Å²) in [5.74, 6) is 0.314. The van der Waals surface area contributed by atoms with E-state index in [2.05, 4.69) is 24.1 Å². The number of ether oxygens (including phenoxy) is 1. The Morgan fingerprint density at radius 2 is 2.10 bits per heavy atom. The van der Waals surface area contributed by atoms with E-state index in [1.165, 1.54) is 0 Å². The highest BCUT2D eigenvalue weighted by Crippen LogP contribution is 2.19. The number of thiazole rings is 1. The standard InChI is InChI=1S/C13H21N3O2S.2ClH/c1-9(2)10-8-19-11(16-10)7-15-12(17)13(14)3-5-18-6-4-13;;/h8-9H,3-7,14H2,1-2H3,(H,15,17);2*1H. The van der Waals surface area contributed by atoms with E-state index in [1.54, 1.807) is 11.3 Å². The lowest BCUT2D eigenvalue weighted by molar-refractivity contribution is -0.129. The average molecular weight is 356 g/mol. The second-order valence-electron chi connectivity index (χ2n) is 5.27. The van der Waals surface area contributed by atoms with Crippen molar-refractivity contribution in [3.05, 3.63) is 16.1 Å². The Bertz CT molecular complexity index is 448. The highest BCUT2D eigenvalue weighted by Gasteiger charge is 2.35. The van der Waals surface area contributed by atoms with Crippen molar-refractivity contribution in [2.24, 2.45) is 5.73 Å². The molecule has 1 aromatic heterocycles. The average Bonchev–Trinajstić information content (AvgIpc) is 2.85. The molecule has 0 unspecified atom stereocenters. The first-order chi connectivity index (χ1) is 9.01. The molecule has 5 nitrogen and oxygen atoms in total. The SMILES string of the molecule is CC(C)c1csc(CNC(=O)C2(N)CCOCC2)n1.Cl.Cl. The summed E-state index contributed by atoms with van der Waals surface area (Å²) in [5.41, 5.74) is 6.40. The monoisotopic (exact) mass is 355 g/mol. The minimum Gasteiger partial charge on any atom is -0.381 e. The van der Waals surface area contributed by atoms with Crippen molar-refractivity contribution in [3.8, 4) is 0 Å². The minimum absolute atomic E-state index is 0. The Hall–Kier alpha value is -0.400. The van der Waals surface area contributed by atoms with Crippen LogP contribution in [0.2, 0.25) is 0 Å². The van der Waals surface area contributed by atoms with Gasteiger partial charge in [-0.15, -0.1) is 36.2 Å². The number of hydrogen-bond donors (Lipinski definition) is 2. The lowest BCUT2D eigenvalue weighted by atomic mass is 9.90. The molecule has 2 heterocycles. The van der Waals surface area contributed by atoms with Crippen LogP contribution in [0.1, 0.15) is 43.3 Å². The van der Waals surface area contributed by atoms with Gasteiger partial charge in [0.1, 0.15) is 5.01 Å². The first kappa shape index (κ1) is 20.6. The van der Waals surface area contributed by atoms with Crippen molar-refractivity contribution in [1.82, 2.24) is 10.3 Å². The topological polar surface area (TPSA) is 77.2 Å². The third-order valence-corrected chi connectivity index (χ3v) is 4.27. The maximum absolute atomic E-state index is 12.1. The third-order valence-electron chi connectivity index (χ3n) is 3.40. The summed E-state index contributed by atoms with van der Waals surface area (Å²) in [6.45, 7) is 5.77. The van der Waals surface area contributed by atoms with Gasteiger partial charge in [0.15, 0.2) is 0 Å². The molecule has 3 N–H and O–H groups in total. The van der Waals surface area contributed by atoms with Gasteiger partial charge in [-0.1, -0.05) is 13.8 Å². The molecule has 21 heavy (non-hydrogen) atoms. The number of nitrogens with zero attached hydrogens (tertiary/aromatic N) is 1. The molecule has 0 atom stereocenters. The molecule has 1 fully saturated rings. The van der Waals surface area contributed by atoms with Crippen molar-refractivity contribution in [2.45, 2.75) is 44.7 Å². The lowest BCUT2D eigenvalue weighted by Gasteiger charge is -2.31. The van der Waals surface area contributed by atoms with E-state index in [9.17, 15) is 4.79 Å². The Kier molecular flexibility index (Phi) is 8.73. The first-order valence-corrected chi connectivity index (χ1v) is 7.48. The van der Waals surface area contributed by atoms with E-state index < -0.39 is 5.54 Å². The van der Waals surface area contributed by atoms with Crippen LogP contribution in [0.3, 0.4) is 0 Å². The number of carbonyl (C=O) groups is 1. The van der Waals surface area contributed by atoms with Crippen LogP contribution in [0, 0.1) is 0 Å². The largest absolute Gasteiger partial charge is 0.381 e. The molecule has 0 aliphatic carbocycles. The second-order valence-corrected chi connectivity index (χ2v) is 6.21. The van der Waals surface area contributed by atoms with Crippen molar-refractivity contribution >= 4 is 42.1 Å². The molecular formula is C13H23Cl2N3O2S. The van der Waals surface area contributed by atoms with E-state index in [-0.39, 0.29) is 30.7 Å². The van der Waals surface area contributed by atoms with E-state index in [1.807, 2.05) is 5.38 Å². The molecule has 0 aromatic carbocycles. The first-order valence-electron chi connectivity index (χ1n) is 6.60. The Morgan fingerprint density at radius 3 is 2.62 bits per heavy atom. The van der Waals surface area contributed by atoms with Gasteiger partial charge in [-0.25, -0.2) is 4.98 Å². The van der Waals surface area contributed by atoms with Crippen LogP contribution in [-0.4, -0.2) is 29.6 Å². The lowest BCUT2D eigenvalue weighted by Crippen LogP contribution is -2.56. The number of aromatic nitrogens is 1. The molecule has 0 radical (unpaired) electrons. The fourth-order valence-corrected chi connectivity index (χ4v) is 2.86. The van der Waals surface area contributed by atoms with Crippen LogP contribution in [0.4, 0.5) is 0 Å². The Morgan fingerprint density at radius 1 is 1.48 bits per heavy atom. The quantitative estimate of drug-likeness (QED) is 0.867. The van der Waals surface area contributed by atoms with Gasteiger partial charge in [0, 0.05) is 18.6 Å². The zero-order chi connectivity index (χ0) is 13.9. The zero-order valence-electron chi connectivity index (χ0n) is 12.3. The summed E-state index contributed by atoms with van der Waals surface area (Å²) in [6.07, 6.45) is 1.15. The fourth-order valence-electron chi connectivity index (χ4n) is 1.97. The summed E-state index contributed by atoms with van der Waals surface area (Å²) in [4.78, 5) is 16.6. The number of hydrogen-bond acceptors (Lipinski definition) is 5. The van der Waals surface area contributed by atoms with Gasteiger partial charge < -0.3 is 15.8 Å². The Labute approximate surface area is 141 Å². The molecule has 1 amide bonds. The van der Waals surface area contributed by atoms with Crippen LogP contribution in [0.15, 0.2) is 5.38 Å². The molecule has 0 spiro atoms. The molecule has 2 rings (SSSR count). The Balaban J connectivity index is 0.00000200. The smallest absolute Gasteiger partial charge is 0.240 e. The van der Waals surface area contributed by atoms with Crippen molar-refractivity contribution in [2.75, 3.05) is 13.2 Å². The molecule has 8 heteroatoms. The molecule has 122 valence electrons. The molecule has 1 aliphatic heterocycles. The van der Waals surface area contributed by atoms with Crippen molar-refractivity contribution in [3.63, 3.8) is 0 Å². The molecule has 1 saturated heterocycles. The van der Waals surface area contributed by atoms with Crippen LogP contribution in [0.25, 0.3) is 0 Å². The third kappa shape index (κ3) is 5.38. The van der Waals surface area contributed by atoms with Gasteiger partial charge in [0.25, 0.3) is 0 Å². The number of nitrogens with two attached hydrogens (primary N) is 1. The van der Waals surface area contributed by atoms with Gasteiger partial charge in [-0.2, -0.15) is 0 Å². The molecule has 0 saturated carbocycles.